The maximum atomic E-state index is 12.7. The highest BCUT2D eigenvalue weighted by molar-refractivity contribution is 7.92. The average molecular weight is 478 g/mol. The molecule has 166 valence electrons. The van der Waals surface area contributed by atoms with Crippen LogP contribution in [0.3, 0.4) is 0 Å². The molecule has 5 rings (SSSR count). The summed E-state index contributed by atoms with van der Waals surface area (Å²) < 4.78 is 35.1. The van der Waals surface area contributed by atoms with Gasteiger partial charge in [0.1, 0.15) is 5.75 Å². The van der Waals surface area contributed by atoms with E-state index in [4.69, 9.17) is 4.74 Å². The molecule has 3 aromatic heterocycles. The van der Waals surface area contributed by atoms with Crippen LogP contribution in [0.25, 0.3) is 27.6 Å². The van der Waals surface area contributed by atoms with Gasteiger partial charge in [-0.1, -0.05) is 18.2 Å². The van der Waals surface area contributed by atoms with Gasteiger partial charge in [-0.05, 0) is 66.9 Å². The summed E-state index contributed by atoms with van der Waals surface area (Å²) in [6, 6.07) is 21.0. The second-order valence-electron chi connectivity index (χ2n) is 7.08. The van der Waals surface area contributed by atoms with Gasteiger partial charge in [-0.2, -0.15) is 9.61 Å². The Bertz CT molecular complexity index is 1490. The van der Waals surface area contributed by atoms with Gasteiger partial charge in [0.05, 0.1) is 22.1 Å². The van der Waals surface area contributed by atoms with Crippen molar-refractivity contribution in [2.45, 2.75) is 11.8 Å². The fourth-order valence-corrected chi connectivity index (χ4v) is 5.06. The predicted molar refractivity (Wildman–Crippen MR) is 128 cm³/mol. The number of thiophene rings is 1. The molecule has 0 aliphatic heterocycles. The lowest BCUT2D eigenvalue weighted by Crippen LogP contribution is -2.12. The highest BCUT2D eigenvalue weighted by Crippen LogP contribution is 2.26. The summed E-state index contributed by atoms with van der Waals surface area (Å²) >= 11 is 1.57. The molecule has 8 nitrogen and oxygen atoms in total. The maximum Gasteiger partial charge on any atom is 0.261 e. The van der Waals surface area contributed by atoms with Crippen molar-refractivity contribution >= 4 is 32.7 Å². The smallest absolute Gasteiger partial charge is 0.261 e. The zero-order valence-electron chi connectivity index (χ0n) is 17.5. The minimum Gasteiger partial charge on any atom is -0.494 e. The molecular weight excluding hydrogens is 458 g/mol. The van der Waals surface area contributed by atoms with E-state index in [-0.39, 0.29) is 4.90 Å². The van der Waals surface area contributed by atoms with E-state index in [1.54, 1.807) is 40.1 Å². The number of ether oxygens (including phenoxy) is 1. The predicted octanol–water partition coefficient (Wildman–Crippen LogP) is 4.72. The Balaban J connectivity index is 1.38. The molecule has 0 saturated carbocycles. The molecule has 3 heterocycles. The molecule has 0 amide bonds. The van der Waals surface area contributed by atoms with Crippen LogP contribution in [0.1, 0.15) is 6.92 Å². The summed E-state index contributed by atoms with van der Waals surface area (Å²) in [4.78, 5) is 1.14. The molecule has 0 radical (unpaired) electrons. The number of rotatable bonds is 7. The highest BCUT2D eigenvalue weighted by atomic mass is 32.2. The van der Waals surface area contributed by atoms with E-state index in [0.29, 0.717) is 29.5 Å². The zero-order chi connectivity index (χ0) is 22.8. The molecule has 0 atom stereocenters. The highest BCUT2D eigenvalue weighted by Gasteiger charge is 2.15. The summed E-state index contributed by atoms with van der Waals surface area (Å²) in [5, 5.41) is 15.1. The third-order valence-corrected chi connectivity index (χ3v) is 7.15. The summed E-state index contributed by atoms with van der Waals surface area (Å²) in [7, 11) is -3.72. The minimum absolute atomic E-state index is 0.163. The lowest BCUT2D eigenvalue weighted by Gasteiger charge is -2.10. The van der Waals surface area contributed by atoms with Gasteiger partial charge in [-0.25, -0.2) is 8.42 Å². The first-order valence-electron chi connectivity index (χ1n) is 10.2. The number of aromatic nitrogens is 4. The van der Waals surface area contributed by atoms with Gasteiger partial charge in [0, 0.05) is 11.3 Å². The summed E-state index contributed by atoms with van der Waals surface area (Å²) in [5.74, 6) is 1.31. The van der Waals surface area contributed by atoms with Crippen molar-refractivity contribution in [1.29, 1.82) is 0 Å². The van der Waals surface area contributed by atoms with Crippen molar-refractivity contribution in [3.63, 3.8) is 0 Å². The van der Waals surface area contributed by atoms with E-state index in [9.17, 15) is 8.42 Å². The van der Waals surface area contributed by atoms with Crippen LogP contribution in [-0.4, -0.2) is 34.8 Å². The van der Waals surface area contributed by atoms with Gasteiger partial charge in [0.15, 0.2) is 11.5 Å². The summed E-state index contributed by atoms with van der Waals surface area (Å²) in [6.07, 6.45) is 0. The monoisotopic (exact) mass is 477 g/mol. The SMILES string of the molecule is CCOc1ccc(S(=O)(=O)Nc2ccc(-c3ccc4nnc(-c5cccs5)n4n3)cc2)cc1. The third-order valence-electron chi connectivity index (χ3n) is 4.88. The summed E-state index contributed by atoms with van der Waals surface area (Å²) in [6.45, 7) is 2.39. The zero-order valence-corrected chi connectivity index (χ0v) is 19.2. The maximum absolute atomic E-state index is 12.7. The molecule has 5 aromatic rings. The molecule has 0 spiro atoms. The fraction of sp³-hybridized carbons (Fsp3) is 0.0870. The van der Waals surface area contributed by atoms with Crippen molar-refractivity contribution < 1.29 is 13.2 Å². The molecule has 0 saturated heterocycles. The molecule has 0 bridgehead atoms. The molecule has 0 unspecified atom stereocenters. The molecule has 0 aliphatic carbocycles. The third kappa shape index (κ3) is 4.30. The number of anilines is 1. The molecule has 0 aliphatic rings. The normalized spacial score (nSPS) is 11.5. The van der Waals surface area contributed by atoms with Crippen LogP contribution in [0.15, 0.2) is 83.1 Å². The molecular formula is C23H19N5O3S2. The van der Waals surface area contributed by atoms with E-state index in [1.807, 2.05) is 48.7 Å². The Hall–Kier alpha value is -3.76. The van der Waals surface area contributed by atoms with Crippen LogP contribution >= 0.6 is 11.3 Å². The van der Waals surface area contributed by atoms with Gasteiger partial charge in [0.25, 0.3) is 10.0 Å². The number of nitrogens with zero attached hydrogens (tertiary/aromatic N) is 4. The number of sulfonamides is 1. The molecule has 1 N–H and O–H groups in total. The van der Waals surface area contributed by atoms with Crippen molar-refractivity contribution in [1.82, 2.24) is 19.8 Å². The van der Waals surface area contributed by atoms with E-state index in [1.165, 1.54) is 12.1 Å². The van der Waals surface area contributed by atoms with Crippen LogP contribution in [-0.2, 0) is 10.0 Å². The number of nitrogens with one attached hydrogen (secondary N) is 1. The molecule has 10 heteroatoms. The van der Waals surface area contributed by atoms with Crippen molar-refractivity contribution in [3.8, 4) is 27.7 Å². The lowest BCUT2D eigenvalue weighted by molar-refractivity contribution is 0.340. The van der Waals surface area contributed by atoms with E-state index in [0.717, 1.165) is 16.1 Å². The van der Waals surface area contributed by atoms with Gasteiger partial charge in [-0.15, -0.1) is 21.5 Å². The van der Waals surface area contributed by atoms with Crippen LogP contribution in [0.2, 0.25) is 0 Å². The second kappa shape index (κ2) is 8.64. The minimum atomic E-state index is -3.72. The van der Waals surface area contributed by atoms with Gasteiger partial charge in [0.2, 0.25) is 0 Å². The average Bonchev–Trinajstić information content (AvgIpc) is 3.49. The molecule has 0 fully saturated rings. The Labute approximate surface area is 194 Å². The van der Waals surface area contributed by atoms with Gasteiger partial charge < -0.3 is 4.74 Å². The first-order valence-corrected chi connectivity index (χ1v) is 12.5. The number of fused-ring (bicyclic) bond motifs is 1. The first-order chi connectivity index (χ1) is 16.0. The fourth-order valence-electron chi connectivity index (χ4n) is 3.31. The Kier molecular flexibility index (Phi) is 5.53. The van der Waals surface area contributed by atoms with Crippen LogP contribution in [0.5, 0.6) is 5.75 Å². The van der Waals surface area contributed by atoms with E-state index < -0.39 is 10.0 Å². The van der Waals surface area contributed by atoms with Gasteiger partial charge >= 0.3 is 0 Å². The van der Waals surface area contributed by atoms with Crippen molar-refractivity contribution in [3.05, 3.63) is 78.2 Å². The Morgan fingerprint density at radius 1 is 0.970 bits per heavy atom. The van der Waals surface area contributed by atoms with Gasteiger partial charge in [-0.3, -0.25) is 4.72 Å². The Morgan fingerprint density at radius 3 is 2.45 bits per heavy atom. The largest absolute Gasteiger partial charge is 0.494 e. The van der Waals surface area contributed by atoms with Crippen LogP contribution in [0.4, 0.5) is 5.69 Å². The van der Waals surface area contributed by atoms with E-state index >= 15 is 0 Å². The standard InChI is InChI=1S/C23H19N5O3S2/c1-2-31-18-9-11-19(12-10-18)33(29,30)27-17-7-5-16(6-8-17)20-13-14-22-24-25-23(28(22)26-20)21-4-3-15-32-21/h3-15,27H,2H2,1H3. The van der Waals surface area contributed by atoms with Crippen LogP contribution < -0.4 is 9.46 Å². The second-order valence-corrected chi connectivity index (χ2v) is 9.71. The number of hydrogen-bond acceptors (Lipinski definition) is 7. The van der Waals surface area contributed by atoms with E-state index in [2.05, 4.69) is 20.0 Å². The lowest BCUT2D eigenvalue weighted by atomic mass is 10.1. The quantitative estimate of drug-likeness (QED) is 0.364. The molecule has 2 aromatic carbocycles. The Morgan fingerprint density at radius 2 is 1.76 bits per heavy atom. The topological polar surface area (TPSA) is 98.5 Å². The van der Waals surface area contributed by atoms with Crippen LogP contribution in [0, 0.1) is 0 Å². The van der Waals surface area contributed by atoms with Crippen molar-refractivity contribution in [2.75, 3.05) is 11.3 Å². The number of hydrogen-bond donors (Lipinski definition) is 1. The van der Waals surface area contributed by atoms with Crippen molar-refractivity contribution in [2.24, 2.45) is 0 Å². The molecule has 33 heavy (non-hydrogen) atoms. The summed E-state index contributed by atoms with van der Waals surface area (Å²) in [5.41, 5.74) is 2.67. The number of benzene rings is 2. The first kappa shape index (κ1) is 21.1.